The summed E-state index contributed by atoms with van der Waals surface area (Å²) in [7, 11) is 1.58. The molecule has 8 nitrogen and oxygen atoms in total. The Bertz CT molecular complexity index is 1130. The molecule has 0 bridgehead atoms. The van der Waals surface area contributed by atoms with E-state index in [0.29, 0.717) is 23.1 Å². The van der Waals surface area contributed by atoms with Crippen molar-refractivity contribution in [2.24, 2.45) is 0 Å². The quantitative estimate of drug-likeness (QED) is 0.403. The lowest BCUT2D eigenvalue weighted by molar-refractivity contribution is 0.262. The summed E-state index contributed by atoms with van der Waals surface area (Å²) in [6.45, 7) is 0.710. The Morgan fingerprint density at radius 3 is 3.00 bits per heavy atom. The van der Waals surface area contributed by atoms with Gasteiger partial charge in [0, 0.05) is 35.8 Å². The zero-order valence-corrected chi connectivity index (χ0v) is 17.1. The predicted octanol–water partition coefficient (Wildman–Crippen LogP) is 4.46. The molecule has 0 fully saturated rings. The summed E-state index contributed by atoms with van der Waals surface area (Å²) >= 11 is 3.06. The number of anilines is 3. The highest BCUT2D eigenvalue weighted by atomic mass is 32.1. The number of urea groups is 1. The second-order valence-electron chi connectivity index (χ2n) is 5.98. The van der Waals surface area contributed by atoms with Crippen molar-refractivity contribution in [1.29, 1.82) is 0 Å². The van der Waals surface area contributed by atoms with Crippen LogP contribution in [-0.2, 0) is 6.42 Å². The van der Waals surface area contributed by atoms with Crippen LogP contribution in [0.3, 0.4) is 0 Å². The zero-order valence-electron chi connectivity index (χ0n) is 15.5. The average molecular weight is 427 g/mol. The van der Waals surface area contributed by atoms with Crippen molar-refractivity contribution in [3.63, 3.8) is 0 Å². The van der Waals surface area contributed by atoms with Crippen LogP contribution in [0.2, 0.25) is 0 Å². The number of amides is 2. The summed E-state index contributed by atoms with van der Waals surface area (Å²) in [5.74, 6) is 1.51. The molecular formula is C19H18N6O2S2. The van der Waals surface area contributed by atoms with Gasteiger partial charge in [-0.05, 0) is 23.6 Å². The fourth-order valence-electron chi connectivity index (χ4n) is 2.66. The van der Waals surface area contributed by atoms with Gasteiger partial charge in [-0.2, -0.15) is 0 Å². The van der Waals surface area contributed by atoms with Crippen LogP contribution in [-0.4, -0.2) is 34.6 Å². The molecule has 0 aliphatic heterocycles. The van der Waals surface area contributed by atoms with Gasteiger partial charge in [0.15, 0.2) is 5.13 Å². The average Bonchev–Trinajstić information content (AvgIpc) is 3.38. The van der Waals surface area contributed by atoms with Crippen molar-refractivity contribution >= 4 is 55.6 Å². The second kappa shape index (κ2) is 8.84. The number of rotatable bonds is 7. The van der Waals surface area contributed by atoms with E-state index in [-0.39, 0.29) is 6.03 Å². The fourth-order valence-corrected chi connectivity index (χ4v) is 4.28. The number of carbonyl (C=O) groups is 1. The minimum atomic E-state index is -0.349. The third-order valence-electron chi connectivity index (χ3n) is 4.01. The topological polar surface area (TPSA) is 101 Å². The van der Waals surface area contributed by atoms with Gasteiger partial charge in [-0.1, -0.05) is 6.07 Å². The predicted molar refractivity (Wildman–Crippen MR) is 117 cm³/mol. The third-order valence-corrected chi connectivity index (χ3v) is 5.89. The van der Waals surface area contributed by atoms with Crippen LogP contribution in [0.25, 0.3) is 10.2 Å². The summed E-state index contributed by atoms with van der Waals surface area (Å²) < 4.78 is 6.20. The molecule has 4 aromatic rings. The van der Waals surface area contributed by atoms with Crippen molar-refractivity contribution in [3.05, 3.63) is 53.1 Å². The number of fused-ring (bicyclic) bond motifs is 1. The minimum absolute atomic E-state index is 0.349. The first-order valence-corrected chi connectivity index (χ1v) is 10.5. The van der Waals surface area contributed by atoms with Crippen molar-refractivity contribution in [2.75, 3.05) is 29.6 Å². The maximum absolute atomic E-state index is 12.2. The molecule has 148 valence electrons. The highest BCUT2D eigenvalue weighted by molar-refractivity contribution is 7.17. The van der Waals surface area contributed by atoms with Crippen LogP contribution in [0.4, 0.5) is 21.4 Å². The van der Waals surface area contributed by atoms with Gasteiger partial charge in [0.1, 0.15) is 17.9 Å². The van der Waals surface area contributed by atoms with Crippen molar-refractivity contribution in [3.8, 4) is 5.75 Å². The van der Waals surface area contributed by atoms with Gasteiger partial charge in [-0.15, -0.1) is 22.7 Å². The number of aromatic nitrogens is 3. The Morgan fingerprint density at radius 1 is 1.17 bits per heavy atom. The van der Waals surface area contributed by atoms with E-state index < -0.39 is 0 Å². The summed E-state index contributed by atoms with van der Waals surface area (Å²) in [5.41, 5.74) is 1.59. The number of ether oxygens (including phenoxy) is 1. The number of thiophene rings is 1. The number of carbonyl (C=O) groups excluding carboxylic acids is 1. The Kier molecular flexibility index (Phi) is 5.82. The molecule has 3 N–H and O–H groups in total. The van der Waals surface area contributed by atoms with E-state index in [1.54, 1.807) is 43.1 Å². The number of benzene rings is 1. The fraction of sp³-hybridized carbons (Fsp3) is 0.158. The van der Waals surface area contributed by atoms with Gasteiger partial charge < -0.3 is 15.4 Å². The molecule has 10 heteroatoms. The van der Waals surface area contributed by atoms with Crippen molar-refractivity contribution in [2.45, 2.75) is 6.42 Å². The molecule has 2 amide bonds. The highest BCUT2D eigenvalue weighted by Crippen LogP contribution is 2.25. The number of nitrogens with zero attached hydrogens (tertiary/aromatic N) is 3. The molecule has 0 radical (unpaired) electrons. The second-order valence-corrected chi connectivity index (χ2v) is 8.01. The molecule has 0 aliphatic carbocycles. The van der Waals surface area contributed by atoms with Crippen LogP contribution in [0, 0.1) is 0 Å². The first-order valence-electron chi connectivity index (χ1n) is 8.80. The monoisotopic (exact) mass is 426 g/mol. The largest absolute Gasteiger partial charge is 0.497 e. The number of hydrogen-bond acceptors (Lipinski definition) is 8. The van der Waals surface area contributed by atoms with E-state index in [4.69, 9.17) is 4.74 Å². The van der Waals surface area contributed by atoms with Crippen LogP contribution < -0.4 is 20.7 Å². The summed E-state index contributed by atoms with van der Waals surface area (Å²) in [4.78, 5) is 26.0. The third kappa shape index (κ3) is 4.79. The first-order chi connectivity index (χ1) is 14.2. The number of hydrogen-bond donors (Lipinski definition) is 3. The van der Waals surface area contributed by atoms with Crippen molar-refractivity contribution < 1.29 is 9.53 Å². The lowest BCUT2D eigenvalue weighted by Crippen LogP contribution is -2.19. The molecule has 0 saturated carbocycles. The maximum Gasteiger partial charge on any atom is 0.325 e. The van der Waals surface area contributed by atoms with Crippen LogP contribution in [0.1, 0.15) is 4.88 Å². The first kappa shape index (κ1) is 19.1. The molecule has 3 aromatic heterocycles. The summed E-state index contributed by atoms with van der Waals surface area (Å²) in [6, 6.07) is 8.79. The van der Waals surface area contributed by atoms with Crippen LogP contribution >= 0.6 is 22.7 Å². The molecule has 1 aromatic carbocycles. The van der Waals surface area contributed by atoms with Gasteiger partial charge >= 0.3 is 6.03 Å². The van der Waals surface area contributed by atoms with Crippen molar-refractivity contribution in [1.82, 2.24) is 15.0 Å². The van der Waals surface area contributed by atoms with Crippen LogP contribution in [0.5, 0.6) is 5.75 Å². The highest BCUT2D eigenvalue weighted by Gasteiger charge is 2.09. The molecule has 0 aliphatic rings. The number of methoxy groups -OCH3 is 1. The van der Waals surface area contributed by atoms with E-state index >= 15 is 0 Å². The van der Waals surface area contributed by atoms with Gasteiger partial charge in [0.05, 0.1) is 17.3 Å². The smallest absolute Gasteiger partial charge is 0.325 e. The lowest BCUT2D eigenvalue weighted by Gasteiger charge is -2.07. The molecular weight excluding hydrogens is 408 g/mol. The standard InChI is InChI=1S/C19H18N6O2S2/c1-27-13-4-2-3-12(9-13)24-18(26)25-19-21-10-14(29-19)5-7-20-17-16-15(6-8-28-16)22-11-23-17/h2-4,6,8-11H,5,7H2,1H3,(H,20,22,23)(H2,21,24,25,26). The number of thiazole rings is 1. The van der Waals surface area contributed by atoms with E-state index in [2.05, 4.69) is 30.9 Å². The Labute approximate surface area is 175 Å². The molecule has 4 rings (SSSR count). The van der Waals surface area contributed by atoms with Gasteiger partial charge in [0.2, 0.25) is 0 Å². The van der Waals surface area contributed by atoms with E-state index in [1.807, 2.05) is 23.6 Å². The maximum atomic E-state index is 12.2. The summed E-state index contributed by atoms with van der Waals surface area (Å²) in [6.07, 6.45) is 4.11. The summed E-state index contributed by atoms with van der Waals surface area (Å²) in [5, 5.41) is 11.4. The van der Waals surface area contributed by atoms with Gasteiger partial charge in [-0.25, -0.2) is 19.7 Å². The Hall–Kier alpha value is -3.24. The molecule has 0 atom stereocenters. The Balaban J connectivity index is 1.29. The molecule has 0 unspecified atom stereocenters. The van der Waals surface area contributed by atoms with E-state index in [0.717, 1.165) is 27.3 Å². The number of nitrogens with one attached hydrogen (secondary N) is 3. The molecule has 29 heavy (non-hydrogen) atoms. The van der Waals surface area contributed by atoms with E-state index in [1.165, 1.54) is 11.3 Å². The zero-order chi connectivity index (χ0) is 20.1. The molecule has 3 heterocycles. The van der Waals surface area contributed by atoms with E-state index in [9.17, 15) is 4.79 Å². The normalized spacial score (nSPS) is 10.7. The Morgan fingerprint density at radius 2 is 2.10 bits per heavy atom. The molecule has 0 spiro atoms. The molecule has 0 saturated heterocycles. The van der Waals surface area contributed by atoms with Gasteiger partial charge in [0.25, 0.3) is 0 Å². The van der Waals surface area contributed by atoms with Crippen LogP contribution in [0.15, 0.2) is 48.2 Å². The minimum Gasteiger partial charge on any atom is -0.497 e. The SMILES string of the molecule is COc1cccc(NC(=O)Nc2ncc(CCNc3ncnc4ccsc34)s2)c1. The lowest BCUT2D eigenvalue weighted by atomic mass is 10.3. The van der Waals surface area contributed by atoms with Gasteiger partial charge in [-0.3, -0.25) is 5.32 Å².